The van der Waals surface area contributed by atoms with Crippen LogP contribution in [-0.4, -0.2) is 62.9 Å². The molecule has 38 heavy (non-hydrogen) atoms. The fourth-order valence-corrected chi connectivity index (χ4v) is 7.03. The van der Waals surface area contributed by atoms with E-state index in [1.807, 2.05) is 27.7 Å². The summed E-state index contributed by atoms with van der Waals surface area (Å²) in [5, 5.41) is 25.9. The molecule has 2 aliphatic rings. The van der Waals surface area contributed by atoms with Crippen molar-refractivity contribution in [3.8, 4) is 0 Å². The van der Waals surface area contributed by atoms with Gasteiger partial charge in [0.1, 0.15) is 0 Å². The Morgan fingerprint density at radius 1 is 0.763 bits per heavy atom. The maximum Gasteiger partial charge on any atom is 0.0611 e. The molecular formula is C32H55N2O4. The fraction of sp³-hybridized carbons (Fsp3) is 0.812. The lowest BCUT2D eigenvalue weighted by Crippen LogP contribution is -2.60. The van der Waals surface area contributed by atoms with Gasteiger partial charge in [-0.3, -0.25) is 0 Å². The summed E-state index contributed by atoms with van der Waals surface area (Å²) in [4.78, 5) is 0. The van der Waals surface area contributed by atoms with E-state index in [2.05, 4.69) is 52.8 Å². The number of aryl methyl sites for hydroxylation is 3. The van der Waals surface area contributed by atoms with Gasteiger partial charge in [-0.15, -0.1) is 10.3 Å². The summed E-state index contributed by atoms with van der Waals surface area (Å²) in [5.41, 5.74) is 2.93. The molecule has 2 aliphatic heterocycles. The number of hydrogen-bond acceptors (Lipinski definition) is 5. The van der Waals surface area contributed by atoms with Gasteiger partial charge in [-0.25, -0.2) is 0 Å². The highest BCUT2D eigenvalue weighted by Crippen LogP contribution is 2.39. The van der Waals surface area contributed by atoms with Gasteiger partial charge in [0.15, 0.2) is 0 Å². The van der Waals surface area contributed by atoms with Gasteiger partial charge in [-0.2, -0.15) is 5.06 Å². The van der Waals surface area contributed by atoms with E-state index in [0.29, 0.717) is 0 Å². The van der Waals surface area contributed by atoms with Gasteiger partial charge in [0.2, 0.25) is 0 Å². The molecule has 1 aromatic rings. The standard InChI is InChI=1S/C32H55N2O4/c1-10-25-19-24(13-11-17-37-27-20-29(2,3)33(35)30(4,5)21-27)15-16-26(25)14-12-18-38-28-22-31(6,7)34(36)32(8,9)23-28/h15-16,19,27-28,36H,10-14,17-18,20-23H2,1-9H3. The zero-order valence-electron chi connectivity index (χ0n) is 25.7. The van der Waals surface area contributed by atoms with Crippen molar-refractivity contribution >= 4 is 0 Å². The Hall–Kier alpha value is -1.02. The first-order chi connectivity index (χ1) is 17.6. The second kappa shape index (κ2) is 12.2. The van der Waals surface area contributed by atoms with Gasteiger partial charge >= 0.3 is 0 Å². The molecule has 0 amide bonds. The Balaban J connectivity index is 1.42. The van der Waals surface area contributed by atoms with Crippen molar-refractivity contribution in [3.63, 3.8) is 0 Å². The van der Waals surface area contributed by atoms with E-state index < -0.39 is 0 Å². The summed E-state index contributed by atoms with van der Waals surface area (Å²) in [6.07, 6.45) is 8.68. The molecule has 0 atom stereocenters. The number of ether oxygens (including phenoxy) is 2. The molecule has 0 aromatic heterocycles. The Bertz CT molecular complexity index is 875. The van der Waals surface area contributed by atoms with Gasteiger partial charge in [-0.1, -0.05) is 25.1 Å². The monoisotopic (exact) mass is 531 g/mol. The van der Waals surface area contributed by atoms with E-state index in [0.717, 1.165) is 71.0 Å². The van der Waals surface area contributed by atoms with Crippen LogP contribution >= 0.6 is 0 Å². The van der Waals surface area contributed by atoms with Crippen LogP contribution < -0.4 is 0 Å². The van der Waals surface area contributed by atoms with Crippen LogP contribution in [0.5, 0.6) is 0 Å². The van der Waals surface area contributed by atoms with Crippen LogP contribution in [0.1, 0.15) is 118 Å². The molecule has 0 saturated carbocycles. The smallest absolute Gasteiger partial charge is 0.0611 e. The van der Waals surface area contributed by atoms with Gasteiger partial charge in [0, 0.05) is 35.4 Å². The van der Waals surface area contributed by atoms with Crippen LogP contribution in [-0.2, 0) is 33.9 Å². The second-order valence-electron chi connectivity index (χ2n) is 14.3. The fourth-order valence-electron chi connectivity index (χ4n) is 7.03. The van der Waals surface area contributed by atoms with E-state index in [-0.39, 0.29) is 34.4 Å². The first-order valence-electron chi connectivity index (χ1n) is 14.9. The molecule has 0 aliphatic carbocycles. The number of benzene rings is 1. The summed E-state index contributed by atoms with van der Waals surface area (Å²) in [5.74, 6) is 0. The molecule has 0 bridgehead atoms. The molecule has 6 heteroatoms. The predicted molar refractivity (Wildman–Crippen MR) is 153 cm³/mol. The predicted octanol–water partition coefficient (Wildman–Crippen LogP) is 6.93. The summed E-state index contributed by atoms with van der Waals surface area (Å²) >= 11 is 0. The molecule has 0 spiro atoms. The summed E-state index contributed by atoms with van der Waals surface area (Å²) in [7, 11) is 0. The first-order valence-corrected chi connectivity index (χ1v) is 14.9. The van der Waals surface area contributed by atoms with Gasteiger partial charge in [-0.05, 0) is 130 Å². The number of nitrogens with zero attached hydrogens (tertiary/aromatic N) is 2. The molecule has 2 heterocycles. The third kappa shape index (κ3) is 7.80. The van der Waals surface area contributed by atoms with Crippen molar-refractivity contribution in [3.05, 3.63) is 34.9 Å². The lowest BCUT2D eigenvalue weighted by atomic mass is 9.80. The molecule has 0 unspecified atom stereocenters. The van der Waals surface area contributed by atoms with Gasteiger partial charge in [0.25, 0.3) is 0 Å². The molecular weight excluding hydrogens is 476 g/mol. The third-order valence-corrected chi connectivity index (χ3v) is 8.71. The van der Waals surface area contributed by atoms with E-state index >= 15 is 0 Å². The SMILES string of the molecule is CCc1cc(CCCOC2CC(C)(C)N([O])C(C)(C)C2)ccc1CCCOC1CC(C)(C)N(O)C(C)(C)C1. The largest absolute Gasteiger partial charge is 0.378 e. The second-order valence-corrected chi connectivity index (χ2v) is 14.3. The van der Waals surface area contributed by atoms with Crippen LogP contribution in [0.3, 0.4) is 0 Å². The Morgan fingerprint density at radius 2 is 1.24 bits per heavy atom. The van der Waals surface area contributed by atoms with Crippen molar-refractivity contribution in [2.45, 2.75) is 154 Å². The summed E-state index contributed by atoms with van der Waals surface area (Å²) < 4.78 is 12.6. The van der Waals surface area contributed by atoms with Crippen molar-refractivity contribution in [2.24, 2.45) is 0 Å². The van der Waals surface area contributed by atoms with Crippen molar-refractivity contribution in [1.29, 1.82) is 0 Å². The van der Waals surface area contributed by atoms with Gasteiger partial charge in [0.05, 0.1) is 12.2 Å². The molecule has 2 saturated heterocycles. The Labute approximate surface area is 232 Å². The zero-order valence-corrected chi connectivity index (χ0v) is 25.7. The van der Waals surface area contributed by atoms with Crippen LogP contribution in [0.2, 0.25) is 0 Å². The highest BCUT2D eigenvalue weighted by molar-refractivity contribution is 5.32. The lowest BCUT2D eigenvalue weighted by Gasteiger charge is -2.51. The zero-order chi connectivity index (χ0) is 28.4. The molecule has 1 radical (unpaired) electrons. The van der Waals surface area contributed by atoms with Crippen molar-refractivity contribution in [2.75, 3.05) is 13.2 Å². The van der Waals surface area contributed by atoms with Crippen molar-refractivity contribution in [1.82, 2.24) is 10.1 Å². The minimum absolute atomic E-state index is 0.148. The molecule has 2 fully saturated rings. The maximum atomic E-state index is 12.6. The molecule has 217 valence electrons. The van der Waals surface area contributed by atoms with E-state index in [4.69, 9.17) is 9.47 Å². The van der Waals surface area contributed by atoms with Crippen LogP contribution in [0, 0.1) is 0 Å². The molecule has 1 N–H and O–H groups in total. The highest BCUT2D eigenvalue weighted by atomic mass is 16.5. The average Bonchev–Trinajstić information content (AvgIpc) is 2.81. The minimum atomic E-state index is -0.381. The van der Waals surface area contributed by atoms with Crippen LogP contribution in [0.15, 0.2) is 18.2 Å². The quantitative estimate of drug-likeness (QED) is 0.314. The van der Waals surface area contributed by atoms with E-state index in [1.54, 1.807) is 0 Å². The average molecular weight is 532 g/mol. The summed E-state index contributed by atoms with van der Waals surface area (Å²) in [6.45, 7) is 20.2. The Morgan fingerprint density at radius 3 is 1.74 bits per heavy atom. The molecule has 6 nitrogen and oxygen atoms in total. The van der Waals surface area contributed by atoms with Crippen molar-refractivity contribution < 1.29 is 19.9 Å². The summed E-state index contributed by atoms with van der Waals surface area (Å²) in [6, 6.07) is 6.96. The van der Waals surface area contributed by atoms with E-state index in [9.17, 15) is 10.4 Å². The maximum absolute atomic E-state index is 12.6. The number of piperidine rings is 2. The van der Waals surface area contributed by atoms with E-state index in [1.165, 1.54) is 26.8 Å². The highest BCUT2D eigenvalue weighted by Gasteiger charge is 2.47. The number of rotatable bonds is 11. The topological polar surface area (TPSA) is 65.1 Å². The third-order valence-electron chi connectivity index (χ3n) is 8.71. The van der Waals surface area contributed by atoms with Gasteiger partial charge < -0.3 is 14.7 Å². The van der Waals surface area contributed by atoms with Crippen LogP contribution in [0.4, 0.5) is 0 Å². The van der Waals surface area contributed by atoms with Crippen LogP contribution in [0.25, 0.3) is 0 Å². The number of hydroxylamine groups is 4. The normalized spacial score (nSPS) is 24.1. The molecule has 3 rings (SSSR count). The first kappa shape index (κ1) is 31.5. The molecule has 1 aromatic carbocycles. The minimum Gasteiger partial charge on any atom is -0.378 e. The lowest BCUT2D eigenvalue weighted by molar-refractivity contribution is -0.301. The number of hydrogen-bond donors (Lipinski definition) is 1. The Kier molecular flexibility index (Phi) is 10.1.